The molecule has 7 atom stereocenters. The zero-order chi connectivity index (χ0) is 18.4. The van der Waals surface area contributed by atoms with Gasteiger partial charge in [0.15, 0.2) is 6.29 Å². The van der Waals surface area contributed by atoms with E-state index in [1.807, 2.05) is 6.92 Å². The predicted octanol–water partition coefficient (Wildman–Crippen LogP) is -1.45. The summed E-state index contributed by atoms with van der Waals surface area (Å²) in [6.45, 7) is 4.51. The predicted molar refractivity (Wildman–Crippen MR) is 79.4 cm³/mol. The molecular weight excluding hydrogens is 324 g/mol. The van der Waals surface area contributed by atoms with Crippen LogP contribution >= 0.6 is 0 Å². The van der Waals surface area contributed by atoms with E-state index in [1.165, 1.54) is 6.92 Å². The van der Waals surface area contributed by atoms with Crippen molar-refractivity contribution in [3.8, 4) is 0 Å². The van der Waals surface area contributed by atoms with Gasteiger partial charge < -0.3 is 34.6 Å². The van der Waals surface area contributed by atoms with Crippen molar-refractivity contribution in [2.75, 3.05) is 13.2 Å². The summed E-state index contributed by atoms with van der Waals surface area (Å²) in [5.74, 6) is -2.06. The summed E-state index contributed by atoms with van der Waals surface area (Å²) in [5.41, 5.74) is 0. The molecule has 24 heavy (non-hydrogen) atoms. The number of aliphatic hydroxyl groups excluding tert-OH is 4. The maximum atomic E-state index is 11.8. The molecule has 1 rings (SSSR count). The van der Waals surface area contributed by atoms with E-state index in [4.69, 9.17) is 14.2 Å². The first-order valence-electron chi connectivity index (χ1n) is 7.90. The van der Waals surface area contributed by atoms with Crippen molar-refractivity contribution in [3.63, 3.8) is 0 Å². The van der Waals surface area contributed by atoms with Crippen molar-refractivity contribution in [3.05, 3.63) is 0 Å². The number of esters is 2. The van der Waals surface area contributed by atoms with Crippen molar-refractivity contribution >= 4 is 11.9 Å². The number of aliphatic hydroxyl groups is 4. The van der Waals surface area contributed by atoms with E-state index in [0.717, 1.165) is 0 Å². The molecule has 9 nitrogen and oxygen atoms in total. The molecule has 0 saturated carbocycles. The molecule has 0 aromatic rings. The lowest BCUT2D eigenvalue weighted by Gasteiger charge is -2.37. The van der Waals surface area contributed by atoms with E-state index in [9.17, 15) is 30.0 Å². The maximum absolute atomic E-state index is 11.8. The highest BCUT2D eigenvalue weighted by molar-refractivity contribution is 5.74. The SMILES string of the molecule is CCC(C)C(=O)OCC(C)C(=O)OCC1OC(O)C(O)C(O)C1O. The van der Waals surface area contributed by atoms with E-state index in [1.54, 1.807) is 6.92 Å². The van der Waals surface area contributed by atoms with Gasteiger partial charge in [-0.05, 0) is 13.3 Å². The Hall–Kier alpha value is -1.26. The number of hydrogen-bond donors (Lipinski definition) is 4. The minimum Gasteiger partial charge on any atom is -0.465 e. The summed E-state index contributed by atoms with van der Waals surface area (Å²) in [6, 6.07) is 0. The lowest BCUT2D eigenvalue weighted by atomic mass is 9.99. The van der Waals surface area contributed by atoms with Crippen LogP contribution in [0.1, 0.15) is 27.2 Å². The second-order valence-electron chi connectivity index (χ2n) is 6.01. The van der Waals surface area contributed by atoms with Crippen LogP contribution in [0.15, 0.2) is 0 Å². The van der Waals surface area contributed by atoms with Gasteiger partial charge in [0.1, 0.15) is 37.6 Å². The molecule has 1 heterocycles. The van der Waals surface area contributed by atoms with Gasteiger partial charge in [0.25, 0.3) is 0 Å². The lowest BCUT2D eigenvalue weighted by molar-refractivity contribution is -0.287. The fourth-order valence-electron chi connectivity index (χ4n) is 1.96. The van der Waals surface area contributed by atoms with Crippen molar-refractivity contribution < 1.29 is 44.2 Å². The Morgan fingerprint density at radius 1 is 0.958 bits per heavy atom. The van der Waals surface area contributed by atoms with E-state index in [0.29, 0.717) is 6.42 Å². The van der Waals surface area contributed by atoms with Crippen LogP contribution in [0, 0.1) is 11.8 Å². The third-order valence-corrected chi connectivity index (χ3v) is 3.97. The summed E-state index contributed by atoms with van der Waals surface area (Å²) in [7, 11) is 0. The number of carbonyl (C=O) groups excluding carboxylic acids is 2. The second-order valence-corrected chi connectivity index (χ2v) is 6.01. The highest BCUT2D eigenvalue weighted by Crippen LogP contribution is 2.20. The number of hydrogen-bond acceptors (Lipinski definition) is 9. The molecule has 1 aliphatic heterocycles. The van der Waals surface area contributed by atoms with Crippen LogP contribution in [0.3, 0.4) is 0 Å². The molecule has 1 aliphatic rings. The van der Waals surface area contributed by atoms with E-state index in [-0.39, 0.29) is 12.5 Å². The maximum Gasteiger partial charge on any atom is 0.312 e. The average molecular weight is 350 g/mol. The molecule has 7 unspecified atom stereocenters. The molecule has 140 valence electrons. The molecule has 0 spiro atoms. The first-order valence-corrected chi connectivity index (χ1v) is 7.90. The molecule has 0 aromatic heterocycles. The minimum atomic E-state index is -1.69. The molecule has 0 amide bonds. The summed E-state index contributed by atoms with van der Waals surface area (Å²) in [5, 5.41) is 38.0. The van der Waals surface area contributed by atoms with E-state index < -0.39 is 55.2 Å². The van der Waals surface area contributed by atoms with Crippen LogP contribution in [-0.4, -0.2) is 76.3 Å². The van der Waals surface area contributed by atoms with Crippen molar-refractivity contribution in [1.29, 1.82) is 0 Å². The van der Waals surface area contributed by atoms with Crippen molar-refractivity contribution in [2.45, 2.75) is 57.9 Å². The first-order chi connectivity index (χ1) is 11.2. The van der Waals surface area contributed by atoms with Crippen molar-refractivity contribution in [1.82, 2.24) is 0 Å². The third kappa shape index (κ3) is 5.38. The molecular formula is C15H26O9. The van der Waals surface area contributed by atoms with Crippen LogP contribution in [0.4, 0.5) is 0 Å². The number of carbonyl (C=O) groups is 2. The fraction of sp³-hybridized carbons (Fsp3) is 0.867. The average Bonchev–Trinajstić information content (AvgIpc) is 2.58. The summed E-state index contributed by atoms with van der Waals surface area (Å²) >= 11 is 0. The Bertz CT molecular complexity index is 427. The highest BCUT2D eigenvalue weighted by atomic mass is 16.7. The Kier molecular flexibility index (Phi) is 8.04. The zero-order valence-electron chi connectivity index (χ0n) is 14.0. The molecule has 1 fully saturated rings. The standard InChI is InChI=1S/C15H26O9/c1-4-7(2)13(19)22-5-8(3)14(20)23-6-9-10(16)11(17)12(18)15(21)24-9/h7-12,15-18,21H,4-6H2,1-3H3. The summed E-state index contributed by atoms with van der Waals surface area (Å²) in [4.78, 5) is 23.4. The molecule has 4 N–H and O–H groups in total. The monoisotopic (exact) mass is 350 g/mol. The molecule has 1 saturated heterocycles. The fourth-order valence-corrected chi connectivity index (χ4v) is 1.96. The normalized spacial score (nSPS) is 32.7. The van der Waals surface area contributed by atoms with Gasteiger partial charge in [0, 0.05) is 0 Å². The summed E-state index contributed by atoms with van der Waals surface area (Å²) < 4.78 is 14.8. The zero-order valence-corrected chi connectivity index (χ0v) is 14.0. The topological polar surface area (TPSA) is 143 Å². The molecule has 9 heteroatoms. The molecule has 0 bridgehead atoms. The smallest absolute Gasteiger partial charge is 0.312 e. The first kappa shape index (κ1) is 20.8. The Balaban J connectivity index is 2.41. The Morgan fingerprint density at radius 3 is 2.12 bits per heavy atom. The van der Waals surface area contributed by atoms with Crippen LogP contribution in [-0.2, 0) is 23.8 Å². The van der Waals surface area contributed by atoms with Gasteiger partial charge in [-0.15, -0.1) is 0 Å². The van der Waals surface area contributed by atoms with Crippen LogP contribution in [0.25, 0.3) is 0 Å². The van der Waals surface area contributed by atoms with Gasteiger partial charge in [-0.1, -0.05) is 13.8 Å². The van der Waals surface area contributed by atoms with Gasteiger partial charge in [-0.2, -0.15) is 0 Å². The second kappa shape index (κ2) is 9.28. The van der Waals surface area contributed by atoms with Crippen LogP contribution in [0.5, 0.6) is 0 Å². The van der Waals surface area contributed by atoms with Gasteiger partial charge in [-0.25, -0.2) is 0 Å². The van der Waals surface area contributed by atoms with Gasteiger partial charge >= 0.3 is 11.9 Å². The van der Waals surface area contributed by atoms with E-state index in [2.05, 4.69) is 0 Å². The third-order valence-electron chi connectivity index (χ3n) is 3.97. The van der Waals surface area contributed by atoms with Gasteiger partial charge in [0.05, 0.1) is 11.8 Å². The summed E-state index contributed by atoms with van der Waals surface area (Å²) in [6.07, 6.45) is -7.03. The number of ether oxygens (including phenoxy) is 3. The van der Waals surface area contributed by atoms with Crippen LogP contribution in [0.2, 0.25) is 0 Å². The Morgan fingerprint density at radius 2 is 1.54 bits per heavy atom. The molecule has 0 aromatic carbocycles. The molecule has 0 aliphatic carbocycles. The highest BCUT2D eigenvalue weighted by Gasteiger charge is 2.43. The Labute approximate surface area is 140 Å². The quantitative estimate of drug-likeness (QED) is 0.406. The van der Waals surface area contributed by atoms with E-state index >= 15 is 0 Å². The molecule has 0 radical (unpaired) electrons. The van der Waals surface area contributed by atoms with Gasteiger partial charge in [-0.3, -0.25) is 9.59 Å². The number of rotatable bonds is 7. The largest absolute Gasteiger partial charge is 0.465 e. The minimum absolute atomic E-state index is 0.139. The van der Waals surface area contributed by atoms with Gasteiger partial charge in [0.2, 0.25) is 0 Å². The van der Waals surface area contributed by atoms with Crippen molar-refractivity contribution in [2.24, 2.45) is 11.8 Å². The van der Waals surface area contributed by atoms with Crippen LogP contribution < -0.4 is 0 Å². The lowest BCUT2D eigenvalue weighted by Crippen LogP contribution is -2.58.